The molecule has 41 heavy (non-hydrogen) atoms. The zero-order valence-electron chi connectivity index (χ0n) is 23.2. The van der Waals surface area contributed by atoms with Crippen molar-refractivity contribution >= 4 is 40.7 Å². The van der Waals surface area contributed by atoms with Crippen LogP contribution in [0.25, 0.3) is 0 Å². The summed E-state index contributed by atoms with van der Waals surface area (Å²) in [6, 6.07) is 7.16. The van der Waals surface area contributed by atoms with Crippen LogP contribution in [-0.4, -0.2) is 67.3 Å². The molecular weight excluding hydrogens is 576 g/mol. The van der Waals surface area contributed by atoms with E-state index < -0.39 is 54.0 Å². The number of amides is 2. The van der Waals surface area contributed by atoms with Crippen molar-refractivity contribution in [3.8, 4) is 0 Å². The summed E-state index contributed by atoms with van der Waals surface area (Å²) >= 11 is 12.5. The topological polar surface area (TPSA) is 73.5 Å². The second kappa shape index (κ2) is 11.4. The maximum absolute atomic E-state index is 15.9. The highest BCUT2D eigenvalue weighted by atomic mass is 35.5. The minimum absolute atomic E-state index is 0.00639. The Morgan fingerprint density at radius 1 is 1.22 bits per heavy atom. The van der Waals surface area contributed by atoms with Crippen LogP contribution in [-0.2, 0) is 15.0 Å². The number of fused-ring (bicyclic) bond motifs is 2. The highest BCUT2D eigenvalue weighted by molar-refractivity contribution is 6.31. The molecule has 3 heterocycles. The summed E-state index contributed by atoms with van der Waals surface area (Å²) in [4.78, 5) is 29.9. The van der Waals surface area contributed by atoms with Crippen LogP contribution in [0.4, 0.5) is 18.9 Å². The van der Waals surface area contributed by atoms with Crippen molar-refractivity contribution in [2.45, 2.75) is 69.2 Å². The monoisotopic (exact) mass is 610 g/mol. The predicted molar refractivity (Wildman–Crippen MR) is 155 cm³/mol. The number of nitrogens with zero attached hydrogens (tertiary/aromatic N) is 1. The van der Waals surface area contributed by atoms with Crippen molar-refractivity contribution in [1.82, 2.24) is 15.5 Å². The van der Waals surface area contributed by atoms with Crippen LogP contribution < -0.4 is 16.0 Å². The number of hydrogen-bond acceptors (Lipinski definition) is 4. The molecule has 6 nitrogen and oxygen atoms in total. The largest absolute Gasteiger partial charge is 0.349 e. The van der Waals surface area contributed by atoms with Crippen LogP contribution in [0.15, 0.2) is 36.4 Å². The first-order valence-electron chi connectivity index (χ1n) is 13.9. The fourth-order valence-electron chi connectivity index (χ4n) is 6.88. The fraction of sp³-hybridized carbons (Fsp3) is 0.533. The summed E-state index contributed by atoms with van der Waals surface area (Å²) in [6.45, 7) is 6.09. The Morgan fingerprint density at radius 2 is 1.98 bits per heavy atom. The van der Waals surface area contributed by atoms with E-state index in [4.69, 9.17) is 23.2 Å². The lowest BCUT2D eigenvalue weighted by Gasteiger charge is -2.38. The second-order valence-electron chi connectivity index (χ2n) is 12.5. The minimum atomic E-state index is -1.40. The van der Waals surface area contributed by atoms with Gasteiger partial charge in [-0.2, -0.15) is 0 Å². The lowest BCUT2D eigenvalue weighted by molar-refractivity contribution is -0.125. The Labute approximate surface area is 248 Å². The average Bonchev–Trinajstić information content (AvgIpc) is 3.36. The number of halogens is 5. The third-order valence-electron chi connectivity index (χ3n) is 8.57. The van der Waals surface area contributed by atoms with Crippen LogP contribution >= 0.6 is 23.2 Å². The average molecular weight is 612 g/mol. The van der Waals surface area contributed by atoms with Crippen molar-refractivity contribution in [2.24, 2.45) is 5.41 Å². The summed E-state index contributed by atoms with van der Waals surface area (Å²) in [5.74, 6) is -2.64. The number of piperidine rings is 1. The number of rotatable bonds is 6. The Morgan fingerprint density at radius 3 is 2.66 bits per heavy atom. The first kappa shape index (κ1) is 30.1. The summed E-state index contributed by atoms with van der Waals surface area (Å²) in [5, 5.41) is 9.47. The van der Waals surface area contributed by atoms with Gasteiger partial charge in [-0.15, -0.1) is 0 Å². The molecule has 0 bridgehead atoms. The van der Waals surface area contributed by atoms with Gasteiger partial charge in [0.05, 0.1) is 17.1 Å². The molecule has 6 atom stereocenters. The van der Waals surface area contributed by atoms with Gasteiger partial charge in [0.15, 0.2) is 0 Å². The number of carbonyl (C=O) groups excluding carboxylic acids is 2. The molecule has 1 spiro atoms. The Bertz CT molecular complexity index is 1340. The van der Waals surface area contributed by atoms with Crippen molar-refractivity contribution in [3.63, 3.8) is 0 Å². The highest BCUT2D eigenvalue weighted by Crippen LogP contribution is 2.57. The standard InChI is InChI=1S/C30H35Cl2F3N4O2/c1-29(2,3)14-23-30(18-8-7-16(31)13-22(18)37-28(30)41)24(17-5-4-6-19(32)25(17)35)26(38-23)27(40)36-21-9-11-39(12-10-33)15-20(21)34/h4-8,13,20-21,23-24,26,38H,9-12,14-15H2,1-3H3,(H,36,40)(H,37,41). The number of nitrogens with one attached hydrogen (secondary N) is 3. The number of hydrogen-bond donors (Lipinski definition) is 3. The number of alkyl halides is 2. The van der Waals surface area contributed by atoms with E-state index in [0.29, 0.717) is 35.7 Å². The van der Waals surface area contributed by atoms with Crippen molar-refractivity contribution < 1.29 is 22.8 Å². The highest BCUT2D eigenvalue weighted by Gasteiger charge is 2.66. The van der Waals surface area contributed by atoms with E-state index in [0.717, 1.165) is 0 Å². The van der Waals surface area contributed by atoms with E-state index in [1.54, 1.807) is 35.2 Å². The van der Waals surface area contributed by atoms with E-state index in [-0.39, 0.29) is 35.0 Å². The van der Waals surface area contributed by atoms with Crippen molar-refractivity contribution in [2.75, 3.05) is 31.6 Å². The van der Waals surface area contributed by atoms with Crippen LogP contribution in [0.2, 0.25) is 10.0 Å². The first-order valence-corrected chi connectivity index (χ1v) is 14.7. The van der Waals surface area contributed by atoms with E-state index >= 15 is 8.78 Å². The predicted octanol–water partition coefficient (Wildman–Crippen LogP) is 5.38. The van der Waals surface area contributed by atoms with Gasteiger partial charge >= 0.3 is 0 Å². The fourth-order valence-corrected chi connectivity index (χ4v) is 7.23. The van der Waals surface area contributed by atoms with Gasteiger partial charge in [-0.05, 0) is 47.6 Å². The van der Waals surface area contributed by atoms with Crippen molar-refractivity contribution in [1.29, 1.82) is 0 Å². The summed E-state index contributed by atoms with van der Waals surface area (Å²) in [6.07, 6.45) is -0.633. The van der Waals surface area contributed by atoms with Crippen molar-refractivity contribution in [3.05, 3.63) is 63.4 Å². The molecule has 11 heteroatoms. The van der Waals surface area contributed by atoms with E-state index in [9.17, 15) is 14.0 Å². The van der Waals surface area contributed by atoms with Crippen LogP contribution in [0, 0.1) is 11.2 Å². The van der Waals surface area contributed by atoms with E-state index in [1.807, 2.05) is 20.8 Å². The quantitative estimate of drug-likeness (QED) is 0.410. The van der Waals surface area contributed by atoms with Gasteiger partial charge in [0.1, 0.15) is 24.1 Å². The number of carbonyl (C=O) groups is 2. The Kier molecular flexibility index (Phi) is 8.38. The zero-order valence-corrected chi connectivity index (χ0v) is 24.8. The lowest BCUT2D eigenvalue weighted by atomic mass is 9.62. The molecule has 0 saturated carbocycles. The van der Waals surface area contributed by atoms with Gasteiger partial charge in [0.25, 0.3) is 0 Å². The molecule has 0 aromatic heterocycles. The number of likely N-dealkylation sites (tertiary alicyclic amines) is 1. The molecule has 2 fully saturated rings. The second-order valence-corrected chi connectivity index (χ2v) is 13.3. The molecule has 0 radical (unpaired) electrons. The third kappa shape index (κ3) is 5.46. The van der Waals surface area contributed by atoms with Gasteiger partial charge in [-0.1, -0.05) is 62.2 Å². The van der Waals surface area contributed by atoms with Crippen LogP contribution in [0.3, 0.4) is 0 Å². The van der Waals surface area contributed by atoms with Crippen LogP contribution in [0.1, 0.15) is 50.7 Å². The van der Waals surface area contributed by atoms with Gasteiger partial charge in [0.2, 0.25) is 11.8 Å². The number of benzene rings is 2. The Hall–Kier alpha value is -2.33. The summed E-state index contributed by atoms with van der Waals surface area (Å²) in [5.41, 5.74) is -0.442. The molecule has 6 unspecified atom stereocenters. The Balaban J connectivity index is 1.61. The lowest BCUT2D eigenvalue weighted by Crippen LogP contribution is -2.56. The molecule has 2 aromatic rings. The van der Waals surface area contributed by atoms with Gasteiger partial charge in [-0.3, -0.25) is 14.5 Å². The summed E-state index contributed by atoms with van der Waals surface area (Å²) < 4.78 is 43.8. The maximum Gasteiger partial charge on any atom is 0.238 e. The maximum atomic E-state index is 15.9. The first-order chi connectivity index (χ1) is 19.4. The van der Waals surface area contributed by atoms with Crippen LogP contribution in [0.5, 0.6) is 0 Å². The molecule has 3 N–H and O–H groups in total. The van der Waals surface area contributed by atoms with Gasteiger partial charge in [0, 0.05) is 42.3 Å². The van der Waals surface area contributed by atoms with E-state index in [1.165, 1.54) is 6.07 Å². The van der Waals surface area contributed by atoms with Gasteiger partial charge in [-0.25, -0.2) is 13.2 Å². The third-order valence-corrected chi connectivity index (χ3v) is 9.10. The molecule has 0 aliphatic carbocycles. The zero-order chi connectivity index (χ0) is 29.7. The van der Waals surface area contributed by atoms with E-state index in [2.05, 4.69) is 16.0 Å². The molecular formula is C30H35Cl2F3N4O2. The summed E-state index contributed by atoms with van der Waals surface area (Å²) in [7, 11) is 0. The number of anilines is 1. The smallest absolute Gasteiger partial charge is 0.238 e. The molecule has 2 amide bonds. The molecule has 2 aromatic carbocycles. The van der Waals surface area contributed by atoms with Gasteiger partial charge < -0.3 is 16.0 Å². The molecule has 3 aliphatic heterocycles. The SMILES string of the molecule is CC(C)(C)CC1NC(C(=O)NC2CCN(CCF)CC2F)C(c2cccc(Cl)c2F)C12C(=O)Nc1cc(Cl)ccc12. The molecule has 5 rings (SSSR count). The molecule has 222 valence electrons. The minimum Gasteiger partial charge on any atom is -0.349 e. The normalized spacial score (nSPS) is 30.0. The molecule has 3 aliphatic rings. The molecule has 2 saturated heterocycles.